The SMILES string of the molecule is CCc1c(Cl)ncnc1N1CCOC(CC)C1. The van der Waals surface area contributed by atoms with Crippen molar-refractivity contribution < 1.29 is 4.74 Å². The Bertz CT molecular complexity index is 386. The molecule has 2 heterocycles. The van der Waals surface area contributed by atoms with Crippen LogP contribution < -0.4 is 4.90 Å². The largest absolute Gasteiger partial charge is 0.375 e. The van der Waals surface area contributed by atoms with Gasteiger partial charge < -0.3 is 9.64 Å². The molecule has 0 bridgehead atoms. The summed E-state index contributed by atoms with van der Waals surface area (Å²) in [4.78, 5) is 10.7. The monoisotopic (exact) mass is 255 g/mol. The van der Waals surface area contributed by atoms with Crippen LogP contribution in [0.25, 0.3) is 0 Å². The van der Waals surface area contributed by atoms with Crippen molar-refractivity contribution >= 4 is 17.4 Å². The number of hydrogen-bond donors (Lipinski definition) is 0. The van der Waals surface area contributed by atoms with Crippen LogP contribution in [-0.4, -0.2) is 35.8 Å². The molecule has 4 nitrogen and oxygen atoms in total. The molecule has 94 valence electrons. The second-order valence-electron chi connectivity index (χ2n) is 4.17. The third-order valence-electron chi connectivity index (χ3n) is 3.12. The Morgan fingerprint density at radius 1 is 1.47 bits per heavy atom. The molecule has 0 N–H and O–H groups in total. The molecule has 1 unspecified atom stereocenters. The summed E-state index contributed by atoms with van der Waals surface area (Å²) in [5.74, 6) is 0.967. The minimum Gasteiger partial charge on any atom is -0.375 e. The van der Waals surface area contributed by atoms with Gasteiger partial charge in [-0.1, -0.05) is 25.4 Å². The molecule has 1 aromatic heterocycles. The highest BCUT2D eigenvalue weighted by molar-refractivity contribution is 6.30. The Morgan fingerprint density at radius 2 is 2.29 bits per heavy atom. The highest BCUT2D eigenvalue weighted by Crippen LogP contribution is 2.25. The van der Waals surface area contributed by atoms with Gasteiger partial charge in [0.2, 0.25) is 0 Å². The Kier molecular flexibility index (Phi) is 4.18. The minimum absolute atomic E-state index is 0.294. The quantitative estimate of drug-likeness (QED) is 0.777. The molecule has 0 radical (unpaired) electrons. The summed E-state index contributed by atoms with van der Waals surface area (Å²) in [5.41, 5.74) is 1.03. The third kappa shape index (κ3) is 2.69. The zero-order chi connectivity index (χ0) is 12.3. The predicted octanol–water partition coefficient (Wildman–Crippen LogP) is 2.31. The third-order valence-corrected chi connectivity index (χ3v) is 3.44. The molecule has 5 heteroatoms. The van der Waals surface area contributed by atoms with Crippen LogP contribution in [0.2, 0.25) is 5.15 Å². The number of hydrogen-bond acceptors (Lipinski definition) is 4. The fourth-order valence-electron chi connectivity index (χ4n) is 2.12. The van der Waals surface area contributed by atoms with Crippen LogP contribution >= 0.6 is 11.6 Å². The molecule has 1 aliphatic heterocycles. The van der Waals surface area contributed by atoms with Gasteiger partial charge in [0.05, 0.1) is 12.7 Å². The zero-order valence-electron chi connectivity index (χ0n) is 10.3. The second kappa shape index (κ2) is 5.65. The van der Waals surface area contributed by atoms with E-state index in [0.29, 0.717) is 11.3 Å². The molecule has 0 saturated carbocycles. The standard InChI is InChI=1S/C12H18ClN3O/c1-3-9-7-16(5-6-17-9)12-10(4-2)11(13)14-8-15-12/h8-9H,3-7H2,1-2H3. The molecular formula is C12H18ClN3O. The Morgan fingerprint density at radius 3 is 3.00 bits per heavy atom. The van der Waals surface area contributed by atoms with Crippen molar-refractivity contribution in [2.45, 2.75) is 32.8 Å². The van der Waals surface area contributed by atoms with E-state index in [0.717, 1.165) is 43.9 Å². The summed E-state index contributed by atoms with van der Waals surface area (Å²) in [6, 6.07) is 0. The van der Waals surface area contributed by atoms with E-state index >= 15 is 0 Å². The van der Waals surface area contributed by atoms with Crippen molar-refractivity contribution in [1.29, 1.82) is 0 Å². The van der Waals surface area contributed by atoms with Gasteiger partial charge in [-0.3, -0.25) is 0 Å². The first-order valence-corrected chi connectivity index (χ1v) is 6.50. The molecule has 2 rings (SSSR count). The van der Waals surface area contributed by atoms with Gasteiger partial charge in [0.15, 0.2) is 0 Å². The smallest absolute Gasteiger partial charge is 0.137 e. The summed E-state index contributed by atoms with van der Waals surface area (Å²) in [6.07, 6.45) is 3.70. The maximum Gasteiger partial charge on any atom is 0.137 e. The number of morpholine rings is 1. The molecule has 1 fully saturated rings. The van der Waals surface area contributed by atoms with E-state index in [2.05, 4.69) is 28.7 Å². The van der Waals surface area contributed by atoms with E-state index in [1.54, 1.807) is 0 Å². The summed E-state index contributed by atoms with van der Waals surface area (Å²) >= 11 is 6.11. The second-order valence-corrected chi connectivity index (χ2v) is 4.53. The van der Waals surface area contributed by atoms with Crippen molar-refractivity contribution in [3.63, 3.8) is 0 Å². The summed E-state index contributed by atoms with van der Waals surface area (Å²) in [5, 5.41) is 0.567. The molecule has 1 saturated heterocycles. The highest BCUT2D eigenvalue weighted by atomic mass is 35.5. The lowest BCUT2D eigenvalue weighted by Crippen LogP contribution is -2.43. The molecule has 1 atom stereocenters. The van der Waals surface area contributed by atoms with Crippen LogP contribution in [0.15, 0.2) is 6.33 Å². The maximum atomic E-state index is 6.11. The van der Waals surface area contributed by atoms with Gasteiger partial charge >= 0.3 is 0 Å². The Labute approximate surface area is 107 Å². The summed E-state index contributed by atoms with van der Waals surface area (Å²) in [6.45, 7) is 6.73. The number of halogens is 1. The number of nitrogens with zero attached hydrogens (tertiary/aromatic N) is 3. The number of rotatable bonds is 3. The lowest BCUT2D eigenvalue weighted by atomic mass is 10.2. The lowest BCUT2D eigenvalue weighted by Gasteiger charge is -2.34. The van der Waals surface area contributed by atoms with E-state index in [-0.39, 0.29) is 0 Å². The fraction of sp³-hybridized carbons (Fsp3) is 0.667. The van der Waals surface area contributed by atoms with Crippen LogP contribution in [0.3, 0.4) is 0 Å². The minimum atomic E-state index is 0.294. The van der Waals surface area contributed by atoms with Crippen molar-refractivity contribution in [1.82, 2.24) is 9.97 Å². The van der Waals surface area contributed by atoms with E-state index in [1.165, 1.54) is 6.33 Å². The Hall–Kier alpha value is -0.870. The van der Waals surface area contributed by atoms with Crippen molar-refractivity contribution in [2.24, 2.45) is 0 Å². The highest BCUT2D eigenvalue weighted by Gasteiger charge is 2.22. The average molecular weight is 256 g/mol. The zero-order valence-corrected chi connectivity index (χ0v) is 11.1. The van der Waals surface area contributed by atoms with Gasteiger partial charge in [-0.15, -0.1) is 0 Å². The van der Waals surface area contributed by atoms with Crippen LogP contribution in [0.4, 0.5) is 5.82 Å². The van der Waals surface area contributed by atoms with E-state index in [1.807, 2.05) is 0 Å². The molecular weight excluding hydrogens is 238 g/mol. The lowest BCUT2D eigenvalue weighted by molar-refractivity contribution is 0.0381. The molecule has 17 heavy (non-hydrogen) atoms. The van der Waals surface area contributed by atoms with Crippen LogP contribution in [0.1, 0.15) is 25.8 Å². The number of aromatic nitrogens is 2. The van der Waals surface area contributed by atoms with Crippen LogP contribution in [0, 0.1) is 0 Å². The van der Waals surface area contributed by atoms with Gasteiger partial charge in [0.1, 0.15) is 17.3 Å². The summed E-state index contributed by atoms with van der Waals surface area (Å²) < 4.78 is 5.66. The molecule has 0 aliphatic carbocycles. The fourth-order valence-corrected chi connectivity index (χ4v) is 2.38. The van der Waals surface area contributed by atoms with Crippen LogP contribution in [0.5, 0.6) is 0 Å². The topological polar surface area (TPSA) is 38.2 Å². The van der Waals surface area contributed by atoms with Crippen molar-refractivity contribution in [2.75, 3.05) is 24.6 Å². The number of ether oxygens (including phenoxy) is 1. The molecule has 0 amide bonds. The van der Waals surface area contributed by atoms with Crippen LogP contribution in [-0.2, 0) is 11.2 Å². The summed E-state index contributed by atoms with van der Waals surface area (Å²) in [7, 11) is 0. The maximum absolute atomic E-state index is 6.11. The van der Waals surface area contributed by atoms with Crippen molar-refractivity contribution in [3.8, 4) is 0 Å². The number of anilines is 1. The first kappa shape index (κ1) is 12.6. The molecule has 1 aliphatic rings. The van der Waals surface area contributed by atoms with Gasteiger partial charge in [0.25, 0.3) is 0 Å². The predicted molar refractivity (Wildman–Crippen MR) is 68.7 cm³/mol. The first-order valence-electron chi connectivity index (χ1n) is 6.12. The van der Waals surface area contributed by atoms with E-state index < -0.39 is 0 Å². The molecule has 1 aromatic rings. The molecule has 0 aromatic carbocycles. The molecule has 0 spiro atoms. The van der Waals surface area contributed by atoms with E-state index in [9.17, 15) is 0 Å². The normalized spacial score (nSPS) is 20.6. The van der Waals surface area contributed by atoms with Gasteiger partial charge in [-0.05, 0) is 12.8 Å². The Balaban J connectivity index is 2.24. The van der Waals surface area contributed by atoms with Gasteiger partial charge in [-0.2, -0.15) is 0 Å². The first-order chi connectivity index (χ1) is 8.26. The van der Waals surface area contributed by atoms with Crippen molar-refractivity contribution in [3.05, 3.63) is 17.0 Å². The van der Waals surface area contributed by atoms with Gasteiger partial charge in [0, 0.05) is 18.7 Å². The average Bonchev–Trinajstić information content (AvgIpc) is 2.38. The van der Waals surface area contributed by atoms with E-state index in [4.69, 9.17) is 16.3 Å². The van der Waals surface area contributed by atoms with Gasteiger partial charge in [-0.25, -0.2) is 9.97 Å².